The molecule has 1 aliphatic carbocycles. The van der Waals surface area contributed by atoms with Crippen molar-refractivity contribution in [2.75, 3.05) is 0 Å². The molecule has 1 nitrogen and oxygen atoms in total. The van der Waals surface area contributed by atoms with Crippen LogP contribution in [0.5, 0.6) is 0 Å². The molecule has 70 valence electrons. The van der Waals surface area contributed by atoms with E-state index in [1.54, 1.807) is 12.1 Å². The third-order valence-electron chi connectivity index (χ3n) is 2.41. The third kappa shape index (κ3) is 2.28. The van der Waals surface area contributed by atoms with Gasteiger partial charge in [-0.25, -0.2) is 4.39 Å². The Kier molecular flexibility index (Phi) is 2.32. The quantitative estimate of drug-likeness (QED) is 0.752. The highest BCUT2D eigenvalue weighted by Gasteiger charge is 2.23. The molecule has 0 aromatic heterocycles. The van der Waals surface area contributed by atoms with Gasteiger partial charge in [0, 0.05) is 12.1 Å². The van der Waals surface area contributed by atoms with Gasteiger partial charge in [-0.05, 0) is 37.5 Å². The Morgan fingerprint density at radius 1 is 1.46 bits per heavy atom. The molecule has 0 radical (unpaired) electrons. The van der Waals surface area contributed by atoms with Crippen LogP contribution in [0.25, 0.3) is 0 Å². The van der Waals surface area contributed by atoms with Crippen LogP contribution >= 0.6 is 0 Å². The smallest absolute Gasteiger partial charge is 0.123 e. The van der Waals surface area contributed by atoms with E-state index in [9.17, 15) is 4.39 Å². The molecule has 2 rings (SSSR count). The first-order chi connectivity index (χ1) is 6.25. The van der Waals surface area contributed by atoms with Crippen LogP contribution in [0.4, 0.5) is 4.39 Å². The number of hydrogen-bond donors (Lipinski definition) is 1. The monoisotopic (exact) mass is 179 g/mol. The molecule has 0 amide bonds. The van der Waals surface area contributed by atoms with E-state index in [2.05, 4.69) is 12.2 Å². The van der Waals surface area contributed by atoms with E-state index >= 15 is 0 Å². The minimum Gasteiger partial charge on any atom is -0.307 e. The fourth-order valence-electron chi connectivity index (χ4n) is 1.48. The second-order valence-corrected chi connectivity index (χ2v) is 3.72. The minimum atomic E-state index is -0.151. The van der Waals surface area contributed by atoms with Crippen molar-refractivity contribution < 1.29 is 4.39 Å². The summed E-state index contributed by atoms with van der Waals surface area (Å²) in [6.45, 7) is 2.08. The zero-order valence-corrected chi connectivity index (χ0v) is 7.76. The van der Waals surface area contributed by atoms with Gasteiger partial charge in [-0.15, -0.1) is 0 Å². The zero-order chi connectivity index (χ0) is 9.26. The van der Waals surface area contributed by atoms with Crippen molar-refractivity contribution in [2.45, 2.75) is 31.8 Å². The van der Waals surface area contributed by atoms with Gasteiger partial charge in [0.1, 0.15) is 5.82 Å². The van der Waals surface area contributed by atoms with Gasteiger partial charge in [0.25, 0.3) is 0 Å². The third-order valence-corrected chi connectivity index (χ3v) is 2.41. The van der Waals surface area contributed by atoms with Crippen LogP contribution in [0, 0.1) is 5.82 Å². The molecule has 0 saturated heterocycles. The molecule has 13 heavy (non-hydrogen) atoms. The maximum atomic E-state index is 12.9. The fraction of sp³-hybridized carbons (Fsp3) is 0.455. The lowest BCUT2D eigenvalue weighted by Crippen LogP contribution is -2.20. The standard InChI is InChI=1S/C11H14FN/c1-8(13-11-5-6-11)9-3-2-4-10(12)7-9/h2-4,7-8,11,13H,5-6H2,1H3. The van der Waals surface area contributed by atoms with Gasteiger partial charge in [-0.1, -0.05) is 12.1 Å². The van der Waals surface area contributed by atoms with Crippen molar-refractivity contribution in [3.05, 3.63) is 35.6 Å². The van der Waals surface area contributed by atoms with Gasteiger partial charge in [0.15, 0.2) is 0 Å². The molecule has 1 unspecified atom stereocenters. The van der Waals surface area contributed by atoms with Gasteiger partial charge in [-0.3, -0.25) is 0 Å². The van der Waals surface area contributed by atoms with Crippen LogP contribution in [0.2, 0.25) is 0 Å². The summed E-state index contributed by atoms with van der Waals surface area (Å²) in [4.78, 5) is 0. The lowest BCUT2D eigenvalue weighted by Gasteiger charge is -2.13. The summed E-state index contributed by atoms with van der Waals surface area (Å²) < 4.78 is 12.9. The summed E-state index contributed by atoms with van der Waals surface area (Å²) in [5.41, 5.74) is 1.03. The van der Waals surface area contributed by atoms with Gasteiger partial charge in [0.2, 0.25) is 0 Å². The summed E-state index contributed by atoms with van der Waals surface area (Å²) in [6.07, 6.45) is 2.53. The molecular formula is C11H14FN. The lowest BCUT2D eigenvalue weighted by molar-refractivity contribution is 0.562. The first-order valence-corrected chi connectivity index (χ1v) is 4.77. The average Bonchev–Trinajstić information content (AvgIpc) is 2.88. The molecule has 1 aliphatic rings. The van der Waals surface area contributed by atoms with E-state index in [4.69, 9.17) is 0 Å². The number of halogens is 1. The predicted molar refractivity (Wildman–Crippen MR) is 51.0 cm³/mol. The Morgan fingerprint density at radius 3 is 2.85 bits per heavy atom. The normalized spacial score (nSPS) is 18.6. The predicted octanol–water partition coefficient (Wildman–Crippen LogP) is 2.64. The van der Waals surface area contributed by atoms with Crippen LogP contribution in [-0.2, 0) is 0 Å². The van der Waals surface area contributed by atoms with Gasteiger partial charge >= 0.3 is 0 Å². The van der Waals surface area contributed by atoms with Crippen molar-refractivity contribution in [1.82, 2.24) is 5.32 Å². The van der Waals surface area contributed by atoms with Gasteiger partial charge in [0.05, 0.1) is 0 Å². The molecule has 1 atom stereocenters. The Bertz CT molecular complexity index is 294. The van der Waals surface area contributed by atoms with Crippen molar-refractivity contribution in [3.8, 4) is 0 Å². The van der Waals surface area contributed by atoms with E-state index in [1.807, 2.05) is 6.07 Å². The number of hydrogen-bond acceptors (Lipinski definition) is 1. The topological polar surface area (TPSA) is 12.0 Å². The summed E-state index contributed by atoms with van der Waals surface area (Å²) in [6, 6.07) is 7.73. The Morgan fingerprint density at radius 2 is 2.23 bits per heavy atom. The molecule has 2 heteroatoms. The van der Waals surface area contributed by atoms with E-state index < -0.39 is 0 Å². The Hall–Kier alpha value is -0.890. The molecular weight excluding hydrogens is 165 g/mol. The first kappa shape index (κ1) is 8.70. The van der Waals surface area contributed by atoms with Crippen molar-refractivity contribution in [2.24, 2.45) is 0 Å². The number of rotatable bonds is 3. The SMILES string of the molecule is CC(NC1CC1)c1cccc(F)c1. The summed E-state index contributed by atoms with van der Waals surface area (Å²) in [5.74, 6) is -0.151. The number of nitrogens with one attached hydrogen (secondary N) is 1. The first-order valence-electron chi connectivity index (χ1n) is 4.77. The minimum absolute atomic E-state index is 0.151. The molecule has 0 bridgehead atoms. The van der Waals surface area contributed by atoms with E-state index in [0.717, 1.165) is 5.56 Å². The highest BCUT2D eigenvalue weighted by Crippen LogP contribution is 2.23. The fourth-order valence-corrected chi connectivity index (χ4v) is 1.48. The lowest BCUT2D eigenvalue weighted by atomic mass is 10.1. The molecule has 0 heterocycles. The zero-order valence-electron chi connectivity index (χ0n) is 7.76. The maximum absolute atomic E-state index is 12.9. The average molecular weight is 179 g/mol. The summed E-state index contributed by atoms with van der Waals surface area (Å²) in [7, 11) is 0. The molecule has 1 saturated carbocycles. The molecule has 1 N–H and O–H groups in total. The summed E-state index contributed by atoms with van der Waals surface area (Å²) >= 11 is 0. The second-order valence-electron chi connectivity index (χ2n) is 3.72. The van der Waals surface area contributed by atoms with Crippen molar-refractivity contribution in [3.63, 3.8) is 0 Å². The van der Waals surface area contributed by atoms with Crippen molar-refractivity contribution in [1.29, 1.82) is 0 Å². The van der Waals surface area contributed by atoms with Crippen LogP contribution in [0.3, 0.4) is 0 Å². The van der Waals surface area contributed by atoms with E-state index in [0.29, 0.717) is 6.04 Å². The van der Waals surface area contributed by atoms with Gasteiger partial charge < -0.3 is 5.32 Å². The van der Waals surface area contributed by atoms with Crippen LogP contribution in [-0.4, -0.2) is 6.04 Å². The second kappa shape index (κ2) is 3.46. The largest absolute Gasteiger partial charge is 0.307 e. The summed E-state index contributed by atoms with van der Waals surface area (Å²) in [5, 5.41) is 3.43. The molecule has 1 fully saturated rings. The van der Waals surface area contributed by atoms with Gasteiger partial charge in [-0.2, -0.15) is 0 Å². The van der Waals surface area contributed by atoms with E-state index in [-0.39, 0.29) is 11.9 Å². The molecule has 1 aromatic carbocycles. The number of benzene rings is 1. The highest BCUT2D eigenvalue weighted by molar-refractivity contribution is 5.19. The highest BCUT2D eigenvalue weighted by atomic mass is 19.1. The van der Waals surface area contributed by atoms with Crippen molar-refractivity contribution >= 4 is 0 Å². The Balaban J connectivity index is 2.04. The van der Waals surface area contributed by atoms with Crippen LogP contribution in [0.15, 0.2) is 24.3 Å². The Labute approximate surface area is 78.0 Å². The maximum Gasteiger partial charge on any atom is 0.123 e. The van der Waals surface area contributed by atoms with Crippen LogP contribution < -0.4 is 5.32 Å². The molecule has 0 spiro atoms. The van der Waals surface area contributed by atoms with Crippen LogP contribution in [0.1, 0.15) is 31.4 Å². The molecule has 0 aliphatic heterocycles. The molecule has 1 aromatic rings. The van der Waals surface area contributed by atoms with E-state index in [1.165, 1.54) is 18.9 Å².